The van der Waals surface area contributed by atoms with Crippen LogP contribution in [-0.2, 0) is 0 Å². The van der Waals surface area contributed by atoms with E-state index in [1.165, 1.54) is 12.8 Å². The third-order valence-corrected chi connectivity index (χ3v) is 2.21. The Bertz CT molecular complexity index is 335. The highest BCUT2D eigenvalue weighted by molar-refractivity contribution is 5.43. The zero-order chi connectivity index (χ0) is 10.7. The molecule has 0 amide bonds. The molecule has 0 aromatic carbocycles. The molecule has 1 heterocycles. The molecule has 1 aromatic heterocycles. The predicted molar refractivity (Wildman–Crippen MR) is 61.0 cm³/mol. The summed E-state index contributed by atoms with van der Waals surface area (Å²) >= 11 is 0. The van der Waals surface area contributed by atoms with Crippen molar-refractivity contribution in [3.63, 3.8) is 0 Å². The SMILES string of the molecule is Cc1cc(NC2CC2)nc(NCCN)n1. The summed E-state index contributed by atoms with van der Waals surface area (Å²) in [5.74, 6) is 1.56. The fraction of sp³-hybridized carbons (Fsp3) is 0.600. The second-order valence-electron chi connectivity index (χ2n) is 3.85. The van der Waals surface area contributed by atoms with Crippen LogP contribution in [0.4, 0.5) is 11.8 Å². The maximum absolute atomic E-state index is 5.41. The quantitative estimate of drug-likeness (QED) is 0.663. The van der Waals surface area contributed by atoms with Crippen molar-refractivity contribution in [1.29, 1.82) is 0 Å². The van der Waals surface area contributed by atoms with Crippen LogP contribution in [0, 0.1) is 6.92 Å². The van der Waals surface area contributed by atoms with Crippen LogP contribution in [0.25, 0.3) is 0 Å². The van der Waals surface area contributed by atoms with E-state index < -0.39 is 0 Å². The topological polar surface area (TPSA) is 75.9 Å². The number of nitrogens with two attached hydrogens (primary N) is 1. The molecule has 1 aromatic rings. The number of aryl methyl sites for hydroxylation is 1. The minimum atomic E-state index is 0.586. The van der Waals surface area contributed by atoms with E-state index in [4.69, 9.17) is 5.73 Å². The van der Waals surface area contributed by atoms with E-state index in [1.54, 1.807) is 0 Å². The largest absolute Gasteiger partial charge is 0.367 e. The number of anilines is 2. The second kappa shape index (κ2) is 4.44. The number of rotatable bonds is 5. The smallest absolute Gasteiger partial charge is 0.224 e. The number of hydrogen-bond donors (Lipinski definition) is 3. The van der Waals surface area contributed by atoms with E-state index in [1.807, 2.05) is 13.0 Å². The lowest BCUT2D eigenvalue weighted by atomic mass is 10.4. The van der Waals surface area contributed by atoms with E-state index in [0.717, 1.165) is 11.5 Å². The van der Waals surface area contributed by atoms with Gasteiger partial charge in [0, 0.05) is 30.9 Å². The van der Waals surface area contributed by atoms with Crippen molar-refractivity contribution >= 4 is 11.8 Å². The minimum absolute atomic E-state index is 0.586. The highest BCUT2D eigenvalue weighted by Crippen LogP contribution is 2.24. The molecule has 2 rings (SSSR count). The van der Waals surface area contributed by atoms with E-state index in [2.05, 4.69) is 20.6 Å². The van der Waals surface area contributed by atoms with Crippen LogP contribution < -0.4 is 16.4 Å². The van der Waals surface area contributed by atoms with Gasteiger partial charge < -0.3 is 16.4 Å². The fourth-order valence-corrected chi connectivity index (χ4v) is 1.34. The normalized spacial score (nSPS) is 15.1. The summed E-state index contributed by atoms with van der Waals surface area (Å²) in [6.07, 6.45) is 2.49. The van der Waals surface area contributed by atoms with Crippen LogP contribution in [0.5, 0.6) is 0 Å². The molecule has 0 saturated heterocycles. The molecular formula is C10H17N5. The Balaban J connectivity index is 2.05. The average molecular weight is 207 g/mol. The molecule has 1 aliphatic rings. The zero-order valence-corrected chi connectivity index (χ0v) is 8.95. The molecule has 1 fully saturated rings. The molecular weight excluding hydrogens is 190 g/mol. The van der Waals surface area contributed by atoms with Gasteiger partial charge in [0.2, 0.25) is 5.95 Å². The summed E-state index contributed by atoms with van der Waals surface area (Å²) in [4.78, 5) is 8.64. The van der Waals surface area contributed by atoms with Gasteiger partial charge in [0.1, 0.15) is 5.82 Å². The number of hydrogen-bond acceptors (Lipinski definition) is 5. The summed E-state index contributed by atoms with van der Waals surface area (Å²) in [6, 6.07) is 2.58. The molecule has 5 nitrogen and oxygen atoms in total. The Morgan fingerprint density at radius 2 is 2.27 bits per heavy atom. The molecule has 0 unspecified atom stereocenters. The Morgan fingerprint density at radius 1 is 1.47 bits per heavy atom. The zero-order valence-electron chi connectivity index (χ0n) is 8.95. The highest BCUT2D eigenvalue weighted by Gasteiger charge is 2.21. The van der Waals surface area contributed by atoms with Crippen LogP contribution in [0.1, 0.15) is 18.5 Å². The molecule has 0 bridgehead atoms. The summed E-state index contributed by atoms with van der Waals surface area (Å²) in [6.45, 7) is 3.25. The van der Waals surface area contributed by atoms with E-state index in [-0.39, 0.29) is 0 Å². The van der Waals surface area contributed by atoms with Crippen molar-refractivity contribution in [3.05, 3.63) is 11.8 Å². The maximum atomic E-state index is 5.41. The first kappa shape index (κ1) is 10.2. The summed E-state index contributed by atoms with van der Waals surface area (Å²) in [5.41, 5.74) is 6.37. The van der Waals surface area contributed by atoms with Gasteiger partial charge in [0.25, 0.3) is 0 Å². The third-order valence-electron chi connectivity index (χ3n) is 2.21. The molecule has 0 spiro atoms. The van der Waals surface area contributed by atoms with Crippen LogP contribution in [0.3, 0.4) is 0 Å². The van der Waals surface area contributed by atoms with Gasteiger partial charge in [-0.15, -0.1) is 0 Å². The lowest BCUT2D eigenvalue weighted by Gasteiger charge is -2.08. The molecule has 1 saturated carbocycles. The number of aromatic nitrogens is 2. The lowest BCUT2D eigenvalue weighted by Crippen LogP contribution is -2.16. The summed E-state index contributed by atoms with van der Waals surface area (Å²) in [7, 11) is 0. The highest BCUT2D eigenvalue weighted by atomic mass is 15.2. The third kappa shape index (κ3) is 3.06. The summed E-state index contributed by atoms with van der Waals surface area (Å²) in [5, 5.41) is 6.43. The van der Waals surface area contributed by atoms with Gasteiger partial charge in [-0.25, -0.2) is 4.98 Å². The van der Waals surface area contributed by atoms with Gasteiger partial charge >= 0.3 is 0 Å². The molecule has 0 radical (unpaired) electrons. The van der Waals surface area contributed by atoms with Gasteiger partial charge in [-0.3, -0.25) is 0 Å². The fourth-order valence-electron chi connectivity index (χ4n) is 1.34. The van der Waals surface area contributed by atoms with E-state index >= 15 is 0 Å². The van der Waals surface area contributed by atoms with E-state index in [9.17, 15) is 0 Å². The van der Waals surface area contributed by atoms with Crippen molar-refractivity contribution in [2.24, 2.45) is 5.73 Å². The number of nitrogens with zero attached hydrogens (tertiary/aromatic N) is 2. The summed E-state index contributed by atoms with van der Waals surface area (Å²) < 4.78 is 0. The van der Waals surface area contributed by atoms with Gasteiger partial charge in [-0.2, -0.15) is 4.98 Å². The first-order chi connectivity index (χ1) is 7.28. The predicted octanol–water partition coefficient (Wildman–Crippen LogP) is 0.730. The molecule has 4 N–H and O–H groups in total. The molecule has 82 valence electrons. The number of nitrogens with one attached hydrogen (secondary N) is 2. The second-order valence-corrected chi connectivity index (χ2v) is 3.85. The first-order valence-electron chi connectivity index (χ1n) is 5.34. The Labute approximate surface area is 89.5 Å². The van der Waals surface area contributed by atoms with Gasteiger partial charge in [-0.1, -0.05) is 0 Å². The Morgan fingerprint density at radius 3 is 2.93 bits per heavy atom. The van der Waals surface area contributed by atoms with Gasteiger partial charge in [-0.05, 0) is 19.8 Å². The van der Waals surface area contributed by atoms with Crippen molar-refractivity contribution in [1.82, 2.24) is 9.97 Å². The molecule has 1 aliphatic carbocycles. The first-order valence-corrected chi connectivity index (χ1v) is 5.34. The van der Waals surface area contributed by atoms with Gasteiger partial charge in [0.05, 0.1) is 0 Å². The Hall–Kier alpha value is -1.36. The molecule has 0 aliphatic heterocycles. The van der Waals surface area contributed by atoms with Crippen LogP contribution in [0.2, 0.25) is 0 Å². The van der Waals surface area contributed by atoms with Crippen LogP contribution >= 0.6 is 0 Å². The molecule has 5 heteroatoms. The van der Waals surface area contributed by atoms with Crippen molar-refractivity contribution < 1.29 is 0 Å². The minimum Gasteiger partial charge on any atom is -0.367 e. The maximum Gasteiger partial charge on any atom is 0.224 e. The Kier molecular flexibility index (Phi) is 3.01. The van der Waals surface area contributed by atoms with Crippen molar-refractivity contribution in [2.75, 3.05) is 23.7 Å². The van der Waals surface area contributed by atoms with Crippen LogP contribution in [0.15, 0.2) is 6.07 Å². The molecule has 15 heavy (non-hydrogen) atoms. The van der Waals surface area contributed by atoms with Crippen molar-refractivity contribution in [2.45, 2.75) is 25.8 Å². The standard InChI is InChI=1S/C10H17N5/c1-7-6-9(14-8-2-3-8)15-10(13-7)12-5-4-11/h6,8H,2-5,11H2,1H3,(H2,12,13,14,15). The average Bonchev–Trinajstić information content (AvgIpc) is 2.98. The van der Waals surface area contributed by atoms with Crippen LogP contribution in [-0.4, -0.2) is 29.1 Å². The monoisotopic (exact) mass is 207 g/mol. The van der Waals surface area contributed by atoms with Crippen molar-refractivity contribution in [3.8, 4) is 0 Å². The molecule has 0 atom stereocenters. The van der Waals surface area contributed by atoms with E-state index in [0.29, 0.717) is 25.1 Å². The lowest BCUT2D eigenvalue weighted by molar-refractivity contribution is 0.974. The van der Waals surface area contributed by atoms with Gasteiger partial charge in [0.15, 0.2) is 0 Å².